The van der Waals surface area contributed by atoms with E-state index >= 15 is 0 Å². The summed E-state index contributed by atoms with van der Waals surface area (Å²) in [6, 6.07) is 5.81. The largest absolute Gasteiger partial charge is 0.481 e. The van der Waals surface area contributed by atoms with E-state index < -0.39 is 6.10 Å². The zero-order valence-electron chi connectivity index (χ0n) is 13.1. The van der Waals surface area contributed by atoms with Crippen molar-refractivity contribution in [3.8, 4) is 5.75 Å². The molecule has 0 aromatic heterocycles. The predicted molar refractivity (Wildman–Crippen MR) is 81.7 cm³/mol. The summed E-state index contributed by atoms with van der Waals surface area (Å²) >= 11 is 0. The van der Waals surface area contributed by atoms with Gasteiger partial charge in [-0.05, 0) is 43.9 Å². The van der Waals surface area contributed by atoms with Gasteiger partial charge in [-0.15, -0.1) is 0 Å². The molecule has 20 heavy (non-hydrogen) atoms. The Labute approximate surface area is 121 Å². The van der Waals surface area contributed by atoms with Crippen LogP contribution in [0, 0.1) is 12.8 Å². The lowest BCUT2D eigenvalue weighted by Gasteiger charge is -2.18. The maximum absolute atomic E-state index is 11.9. The number of hydrogen-bond donors (Lipinski definition) is 2. The third-order valence-corrected chi connectivity index (χ3v) is 3.08. The van der Waals surface area contributed by atoms with Crippen molar-refractivity contribution in [3.63, 3.8) is 0 Å². The molecular weight excluding hydrogens is 252 g/mol. The Morgan fingerprint density at radius 3 is 2.45 bits per heavy atom. The Balaban J connectivity index is 2.66. The SMILES string of the molecule is Cc1cc([C@@H](C)N)ccc1OC(C)C(=O)NCC(C)C. The summed E-state index contributed by atoms with van der Waals surface area (Å²) in [7, 11) is 0. The first-order valence-electron chi connectivity index (χ1n) is 7.11. The van der Waals surface area contributed by atoms with E-state index in [0.717, 1.165) is 16.9 Å². The highest BCUT2D eigenvalue weighted by Gasteiger charge is 2.16. The van der Waals surface area contributed by atoms with Gasteiger partial charge in [-0.2, -0.15) is 0 Å². The summed E-state index contributed by atoms with van der Waals surface area (Å²) in [5.74, 6) is 1.06. The van der Waals surface area contributed by atoms with Crippen LogP contribution in [0.25, 0.3) is 0 Å². The predicted octanol–water partition coefficient (Wildman–Crippen LogP) is 2.55. The molecule has 0 aliphatic rings. The molecule has 0 saturated heterocycles. The highest BCUT2D eigenvalue weighted by atomic mass is 16.5. The van der Waals surface area contributed by atoms with Crippen LogP contribution < -0.4 is 15.8 Å². The zero-order chi connectivity index (χ0) is 15.3. The van der Waals surface area contributed by atoms with E-state index in [1.54, 1.807) is 6.92 Å². The van der Waals surface area contributed by atoms with E-state index in [1.165, 1.54) is 0 Å². The number of aryl methyl sites for hydroxylation is 1. The van der Waals surface area contributed by atoms with E-state index in [9.17, 15) is 4.79 Å². The summed E-state index contributed by atoms with van der Waals surface area (Å²) in [5, 5.41) is 2.87. The van der Waals surface area contributed by atoms with E-state index in [1.807, 2.05) is 32.0 Å². The van der Waals surface area contributed by atoms with Crippen molar-refractivity contribution < 1.29 is 9.53 Å². The van der Waals surface area contributed by atoms with Gasteiger partial charge >= 0.3 is 0 Å². The van der Waals surface area contributed by atoms with Gasteiger partial charge in [0, 0.05) is 12.6 Å². The molecule has 0 radical (unpaired) electrons. The lowest BCUT2D eigenvalue weighted by Crippen LogP contribution is -2.38. The molecule has 4 heteroatoms. The summed E-state index contributed by atoms with van der Waals surface area (Å²) in [4.78, 5) is 11.9. The molecule has 0 heterocycles. The number of carbonyl (C=O) groups excluding carboxylic acids is 1. The van der Waals surface area contributed by atoms with Crippen LogP contribution in [-0.4, -0.2) is 18.6 Å². The topological polar surface area (TPSA) is 64.3 Å². The second-order valence-corrected chi connectivity index (χ2v) is 5.71. The fourth-order valence-electron chi connectivity index (χ4n) is 1.78. The van der Waals surface area contributed by atoms with Crippen molar-refractivity contribution in [1.29, 1.82) is 0 Å². The second kappa shape index (κ2) is 7.29. The van der Waals surface area contributed by atoms with E-state index in [4.69, 9.17) is 10.5 Å². The molecular formula is C16H26N2O2. The average molecular weight is 278 g/mol. The van der Waals surface area contributed by atoms with Crippen LogP contribution in [0.15, 0.2) is 18.2 Å². The van der Waals surface area contributed by atoms with Gasteiger partial charge < -0.3 is 15.8 Å². The van der Waals surface area contributed by atoms with Crippen molar-refractivity contribution >= 4 is 5.91 Å². The molecule has 112 valence electrons. The van der Waals surface area contributed by atoms with Crippen LogP contribution in [0.2, 0.25) is 0 Å². The molecule has 0 bridgehead atoms. The van der Waals surface area contributed by atoms with E-state index in [0.29, 0.717) is 12.5 Å². The van der Waals surface area contributed by atoms with Crippen molar-refractivity contribution in [2.24, 2.45) is 11.7 Å². The fourth-order valence-corrected chi connectivity index (χ4v) is 1.78. The van der Waals surface area contributed by atoms with Gasteiger partial charge in [0.2, 0.25) is 0 Å². The minimum absolute atomic E-state index is 0.00508. The number of benzene rings is 1. The first-order chi connectivity index (χ1) is 9.31. The van der Waals surface area contributed by atoms with Gasteiger partial charge in [0.05, 0.1) is 0 Å². The van der Waals surface area contributed by atoms with E-state index in [-0.39, 0.29) is 11.9 Å². The number of amides is 1. The van der Waals surface area contributed by atoms with Crippen LogP contribution in [0.4, 0.5) is 0 Å². The second-order valence-electron chi connectivity index (χ2n) is 5.71. The highest BCUT2D eigenvalue weighted by Crippen LogP contribution is 2.22. The molecule has 3 N–H and O–H groups in total. The Bertz CT molecular complexity index is 456. The highest BCUT2D eigenvalue weighted by molar-refractivity contribution is 5.80. The van der Waals surface area contributed by atoms with Crippen LogP contribution in [0.5, 0.6) is 5.75 Å². The summed E-state index contributed by atoms with van der Waals surface area (Å²) < 4.78 is 5.72. The normalized spacial score (nSPS) is 13.9. The maximum Gasteiger partial charge on any atom is 0.260 e. The van der Waals surface area contributed by atoms with Crippen LogP contribution in [-0.2, 0) is 4.79 Å². The van der Waals surface area contributed by atoms with Gasteiger partial charge in [0.1, 0.15) is 5.75 Å². The fraction of sp³-hybridized carbons (Fsp3) is 0.562. The molecule has 1 unspecified atom stereocenters. The lowest BCUT2D eigenvalue weighted by molar-refractivity contribution is -0.127. The molecule has 1 rings (SSSR count). The molecule has 0 spiro atoms. The Morgan fingerprint density at radius 2 is 1.95 bits per heavy atom. The summed E-state index contributed by atoms with van der Waals surface area (Å²) in [6.07, 6.45) is -0.506. The third kappa shape index (κ3) is 4.85. The Morgan fingerprint density at radius 1 is 1.30 bits per heavy atom. The Hall–Kier alpha value is -1.55. The summed E-state index contributed by atoms with van der Waals surface area (Å²) in [5.41, 5.74) is 7.90. The molecule has 0 aliphatic heterocycles. The number of nitrogens with one attached hydrogen (secondary N) is 1. The molecule has 4 nitrogen and oxygen atoms in total. The van der Waals surface area contributed by atoms with Gasteiger partial charge in [-0.1, -0.05) is 26.0 Å². The standard InChI is InChI=1S/C16H26N2O2/c1-10(2)9-18-16(19)13(5)20-15-7-6-14(12(4)17)8-11(15)3/h6-8,10,12-13H,9,17H2,1-5H3,(H,18,19)/t12-,13?/m1/s1. The van der Waals surface area contributed by atoms with E-state index in [2.05, 4.69) is 19.2 Å². The Kier molecular flexibility index (Phi) is 6.02. The zero-order valence-corrected chi connectivity index (χ0v) is 13.1. The third-order valence-electron chi connectivity index (χ3n) is 3.08. The molecule has 1 aromatic carbocycles. The van der Waals surface area contributed by atoms with Gasteiger partial charge in [-0.25, -0.2) is 0 Å². The molecule has 0 saturated carbocycles. The van der Waals surface area contributed by atoms with Gasteiger partial charge in [-0.3, -0.25) is 4.79 Å². The lowest BCUT2D eigenvalue weighted by atomic mass is 10.1. The van der Waals surface area contributed by atoms with Crippen LogP contribution >= 0.6 is 0 Å². The smallest absolute Gasteiger partial charge is 0.260 e. The van der Waals surface area contributed by atoms with Crippen LogP contribution in [0.3, 0.4) is 0 Å². The van der Waals surface area contributed by atoms with Gasteiger partial charge in [0.15, 0.2) is 6.10 Å². The minimum atomic E-state index is -0.506. The summed E-state index contributed by atoms with van der Waals surface area (Å²) in [6.45, 7) is 10.4. The quantitative estimate of drug-likeness (QED) is 0.840. The number of ether oxygens (including phenoxy) is 1. The minimum Gasteiger partial charge on any atom is -0.481 e. The number of nitrogens with two attached hydrogens (primary N) is 1. The molecule has 2 atom stereocenters. The number of carbonyl (C=O) groups is 1. The average Bonchev–Trinajstić information content (AvgIpc) is 2.37. The molecule has 1 aromatic rings. The van der Waals surface area contributed by atoms with Crippen molar-refractivity contribution in [3.05, 3.63) is 29.3 Å². The number of hydrogen-bond acceptors (Lipinski definition) is 3. The number of rotatable bonds is 6. The molecule has 1 amide bonds. The monoisotopic (exact) mass is 278 g/mol. The van der Waals surface area contributed by atoms with Crippen LogP contribution in [0.1, 0.15) is 44.9 Å². The van der Waals surface area contributed by atoms with Crippen molar-refractivity contribution in [2.75, 3.05) is 6.54 Å². The molecule has 0 aliphatic carbocycles. The van der Waals surface area contributed by atoms with Crippen molar-refractivity contribution in [2.45, 2.75) is 46.8 Å². The maximum atomic E-state index is 11.9. The first-order valence-corrected chi connectivity index (χ1v) is 7.11. The van der Waals surface area contributed by atoms with Crippen molar-refractivity contribution in [1.82, 2.24) is 5.32 Å². The first kappa shape index (κ1) is 16.5. The molecule has 0 fully saturated rings. The van der Waals surface area contributed by atoms with Gasteiger partial charge in [0.25, 0.3) is 5.91 Å².